The molecule has 0 aliphatic heterocycles. The standard InChI is InChI=1S/C12H18/c1-4-10-7-8-11(5-2)12(6-3)9-10/h4-6,10-12H,1-3,7-9H2/t10-,11+,12?/m0/s1. The van der Waals surface area contributed by atoms with Crippen LogP contribution in [0.15, 0.2) is 38.0 Å². The van der Waals surface area contributed by atoms with Gasteiger partial charge in [0.25, 0.3) is 0 Å². The van der Waals surface area contributed by atoms with Crippen LogP contribution in [0, 0.1) is 17.8 Å². The molecule has 0 aromatic rings. The van der Waals surface area contributed by atoms with Crippen LogP contribution in [0.3, 0.4) is 0 Å². The summed E-state index contributed by atoms with van der Waals surface area (Å²) in [6.45, 7) is 11.6. The third-order valence-electron chi connectivity index (χ3n) is 2.93. The summed E-state index contributed by atoms with van der Waals surface area (Å²) in [5.41, 5.74) is 0. The van der Waals surface area contributed by atoms with Gasteiger partial charge in [0.2, 0.25) is 0 Å². The maximum absolute atomic E-state index is 3.87. The summed E-state index contributed by atoms with van der Waals surface area (Å²) < 4.78 is 0. The minimum absolute atomic E-state index is 0.624. The van der Waals surface area contributed by atoms with Gasteiger partial charge in [-0.1, -0.05) is 18.2 Å². The van der Waals surface area contributed by atoms with Gasteiger partial charge in [0.15, 0.2) is 0 Å². The smallest absolute Gasteiger partial charge is 0.0168 e. The van der Waals surface area contributed by atoms with Gasteiger partial charge < -0.3 is 0 Å². The highest BCUT2D eigenvalue weighted by Gasteiger charge is 2.24. The van der Waals surface area contributed by atoms with Crippen LogP contribution in [-0.2, 0) is 0 Å². The van der Waals surface area contributed by atoms with Gasteiger partial charge in [-0.25, -0.2) is 0 Å². The monoisotopic (exact) mass is 162 g/mol. The Bertz CT molecular complexity index is 178. The number of hydrogen-bond donors (Lipinski definition) is 0. The van der Waals surface area contributed by atoms with Crippen molar-refractivity contribution in [2.24, 2.45) is 17.8 Å². The normalized spacial score (nSPS) is 35.5. The topological polar surface area (TPSA) is 0 Å². The summed E-state index contributed by atoms with van der Waals surface area (Å²) in [5.74, 6) is 1.97. The van der Waals surface area contributed by atoms with Crippen molar-refractivity contribution in [2.45, 2.75) is 19.3 Å². The second-order valence-corrected chi connectivity index (χ2v) is 3.61. The summed E-state index contributed by atoms with van der Waals surface area (Å²) in [7, 11) is 0. The van der Waals surface area contributed by atoms with Gasteiger partial charge in [-0.15, -0.1) is 19.7 Å². The van der Waals surface area contributed by atoms with Crippen molar-refractivity contribution in [3.05, 3.63) is 38.0 Å². The average Bonchev–Trinajstić information content (AvgIpc) is 2.16. The predicted octanol–water partition coefficient (Wildman–Crippen LogP) is 3.58. The molecular formula is C12H18. The van der Waals surface area contributed by atoms with Crippen LogP contribution < -0.4 is 0 Å². The summed E-state index contributed by atoms with van der Waals surface area (Å²) in [5, 5.41) is 0. The summed E-state index contributed by atoms with van der Waals surface area (Å²) >= 11 is 0. The Morgan fingerprint density at radius 1 is 0.833 bits per heavy atom. The van der Waals surface area contributed by atoms with E-state index in [0.717, 1.165) is 0 Å². The van der Waals surface area contributed by atoms with Gasteiger partial charge in [0.05, 0.1) is 0 Å². The van der Waals surface area contributed by atoms with E-state index < -0.39 is 0 Å². The zero-order chi connectivity index (χ0) is 8.97. The van der Waals surface area contributed by atoms with Gasteiger partial charge in [0.1, 0.15) is 0 Å². The molecule has 1 rings (SSSR count). The lowest BCUT2D eigenvalue weighted by atomic mass is 9.74. The lowest BCUT2D eigenvalue weighted by molar-refractivity contribution is 0.288. The molecule has 0 radical (unpaired) electrons. The second kappa shape index (κ2) is 4.30. The van der Waals surface area contributed by atoms with Crippen molar-refractivity contribution in [3.8, 4) is 0 Å². The minimum Gasteiger partial charge on any atom is -0.103 e. The Morgan fingerprint density at radius 2 is 1.50 bits per heavy atom. The molecule has 1 aliphatic carbocycles. The SMILES string of the molecule is C=CC1C[C@@H](C=C)CC[C@H]1C=C. The molecule has 0 heterocycles. The van der Waals surface area contributed by atoms with Crippen LogP contribution in [0.25, 0.3) is 0 Å². The molecule has 12 heavy (non-hydrogen) atoms. The minimum atomic E-state index is 0.624. The van der Waals surface area contributed by atoms with Gasteiger partial charge in [0, 0.05) is 0 Å². The highest BCUT2D eigenvalue weighted by atomic mass is 14.3. The lowest BCUT2D eigenvalue weighted by Crippen LogP contribution is -2.20. The van der Waals surface area contributed by atoms with Crippen molar-refractivity contribution < 1.29 is 0 Å². The molecule has 3 atom stereocenters. The Kier molecular flexibility index (Phi) is 3.33. The molecule has 1 saturated carbocycles. The third-order valence-corrected chi connectivity index (χ3v) is 2.93. The first kappa shape index (κ1) is 9.31. The average molecular weight is 162 g/mol. The predicted molar refractivity (Wildman–Crippen MR) is 54.9 cm³/mol. The van der Waals surface area contributed by atoms with E-state index in [4.69, 9.17) is 0 Å². The molecule has 1 aliphatic rings. The van der Waals surface area contributed by atoms with Crippen LogP contribution in [0.1, 0.15) is 19.3 Å². The van der Waals surface area contributed by atoms with Crippen molar-refractivity contribution >= 4 is 0 Å². The Hall–Kier alpha value is -0.780. The lowest BCUT2D eigenvalue weighted by Gasteiger charge is -2.31. The maximum Gasteiger partial charge on any atom is -0.0168 e. The molecule has 0 saturated heterocycles. The van der Waals surface area contributed by atoms with Gasteiger partial charge in [-0.3, -0.25) is 0 Å². The molecule has 0 aromatic carbocycles. The van der Waals surface area contributed by atoms with E-state index in [1.807, 2.05) is 0 Å². The first-order valence-corrected chi connectivity index (χ1v) is 4.69. The Balaban J connectivity index is 2.58. The molecule has 1 fully saturated rings. The number of allylic oxidation sites excluding steroid dienone is 3. The summed E-state index contributed by atoms with van der Waals surface area (Å²) in [4.78, 5) is 0. The zero-order valence-electron chi connectivity index (χ0n) is 7.71. The van der Waals surface area contributed by atoms with Gasteiger partial charge in [-0.05, 0) is 37.0 Å². The van der Waals surface area contributed by atoms with E-state index in [9.17, 15) is 0 Å². The fourth-order valence-electron chi connectivity index (χ4n) is 2.04. The number of hydrogen-bond acceptors (Lipinski definition) is 0. The van der Waals surface area contributed by atoms with Gasteiger partial charge in [-0.2, -0.15) is 0 Å². The van der Waals surface area contributed by atoms with Crippen molar-refractivity contribution in [3.63, 3.8) is 0 Å². The molecule has 0 spiro atoms. The molecule has 1 unspecified atom stereocenters. The van der Waals surface area contributed by atoms with Crippen molar-refractivity contribution in [2.75, 3.05) is 0 Å². The summed E-state index contributed by atoms with van der Waals surface area (Å²) in [6.07, 6.45) is 9.95. The van der Waals surface area contributed by atoms with E-state index in [1.54, 1.807) is 0 Å². The van der Waals surface area contributed by atoms with E-state index >= 15 is 0 Å². The van der Waals surface area contributed by atoms with Crippen LogP contribution in [0.4, 0.5) is 0 Å². The molecule has 0 amide bonds. The van der Waals surface area contributed by atoms with Crippen LogP contribution >= 0.6 is 0 Å². The maximum atomic E-state index is 3.87. The van der Waals surface area contributed by atoms with Crippen LogP contribution in [0.2, 0.25) is 0 Å². The molecule has 0 heteroatoms. The zero-order valence-corrected chi connectivity index (χ0v) is 7.71. The first-order chi connectivity index (χ1) is 5.81. The fourth-order valence-corrected chi connectivity index (χ4v) is 2.04. The van der Waals surface area contributed by atoms with Gasteiger partial charge >= 0.3 is 0 Å². The van der Waals surface area contributed by atoms with E-state index in [1.165, 1.54) is 19.3 Å². The Morgan fingerprint density at radius 3 is 2.00 bits per heavy atom. The third kappa shape index (κ3) is 1.88. The number of rotatable bonds is 3. The highest BCUT2D eigenvalue weighted by molar-refractivity contribution is 4.99. The quantitative estimate of drug-likeness (QED) is 0.556. The molecular weight excluding hydrogens is 144 g/mol. The molecule has 0 aromatic heterocycles. The fraction of sp³-hybridized carbons (Fsp3) is 0.500. The Labute approximate surface area is 75.7 Å². The van der Waals surface area contributed by atoms with Crippen LogP contribution in [-0.4, -0.2) is 0 Å². The van der Waals surface area contributed by atoms with E-state index in [2.05, 4.69) is 38.0 Å². The molecule has 0 N–H and O–H groups in total. The first-order valence-electron chi connectivity index (χ1n) is 4.69. The molecule has 0 nitrogen and oxygen atoms in total. The van der Waals surface area contributed by atoms with Crippen molar-refractivity contribution in [1.82, 2.24) is 0 Å². The summed E-state index contributed by atoms with van der Waals surface area (Å²) in [6, 6.07) is 0. The highest BCUT2D eigenvalue weighted by Crippen LogP contribution is 2.35. The molecule has 66 valence electrons. The molecule has 0 bridgehead atoms. The second-order valence-electron chi connectivity index (χ2n) is 3.61. The van der Waals surface area contributed by atoms with Crippen molar-refractivity contribution in [1.29, 1.82) is 0 Å². The largest absolute Gasteiger partial charge is 0.103 e. The van der Waals surface area contributed by atoms with Crippen LogP contribution in [0.5, 0.6) is 0 Å². The van der Waals surface area contributed by atoms with E-state index in [0.29, 0.717) is 17.8 Å². The van der Waals surface area contributed by atoms with E-state index in [-0.39, 0.29) is 0 Å².